The molecule has 3 rings (SSSR count). The number of aryl methyl sites for hydroxylation is 2. The summed E-state index contributed by atoms with van der Waals surface area (Å²) in [7, 11) is 0. The van der Waals surface area contributed by atoms with Crippen molar-refractivity contribution in [2.45, 2.75) is 32.7 Å². The molecule has 3 heterocycles. The molecule has 0 aromatic carbocycles. The predicted molar refractivity (Wildman–Crippen MR) is 86.2 cm³/mol. The van der Waals surface area contributed by atoms with Gasteiger partial charge in [-0.3, -0.25) is 4.79 Å². The molecule has 1 aliphatic rings. The van der Waals surface area contributed by atoms with Gasteiger partial charge < -0.3 is 10.2 Å². The van der Waals surface area contributed by atoms with Crippen molar-refractivity contribution in [2.24, 2.45) is 0 Å². The first-order chi connectivity index (χ1) is 10.6. The van der Waals surface area contributed by atoms with Crippen molar-refractivity contribution >= 4 is 23.1 Å². The second kappa shape index (κ2) is 6.39. The van der Waals surface area contributed by atoms with Crippen LogP contribution < -0.4 is 5.32 Å². The van der Waals surface area contributed by atoms with Gasteiger partial charge >= 0.3 is 0 Å². The lowest BCUT2D eigenvalue weighted by atomic mass is 10.0. The largest absolute Gasteiger partial charge is 0.367 e. The van der Waals surface area contributed by atoms with Crippen LogP contribution in [-0.4, -0.2) is 44.9 Å². The number of nitrogens with zero attached hydrogens (tertiary/aromatic N) is 4. The summed E-state index contributed by atoms with van der Waals surface area (Å²) in [6, 6.07) is 2.21. The molecular weight excluding hydrogens is 298 g/mol. The molecule has 1 N–H and O–H groups in total. The highest BCUT2D eigenvalue weighted by molar-refractivity contribution is 7.13. The average Bonchev–Trinajstić information content (AvgIpc) is 2.87. The van der Waals surface area contributed by atoms with Gasteiger partial charge in [0.15, 0.2) is 0 Å². The van der Waals surface area contributed by atoms with Crippen LogP contribution in [0.5, 0.6) is 0 Å². The van der Waals surface area contributed by atoms with Crippen LogP contribution in [-0.2, 0) is 0 Å². The van der Waals surface area contributed by atoms with Crippen molar-refractivity contribution < 1.29 is 4.79 Å². The number of anilines is 1. The molecule has 22 heavy (non-hydrogen) atoms. The summed E-state index contributed by atoms with van der Waals surface area (Å²) in [5.74, 6) is 0.956. The van der Waals surface area contributed by atoms with Gasteiger partial charge in [-0.2, -0.15) is 0 Å². The fourth-order valence-corrected chi connectivity index (χ4v) is 3.57. The van der Waals surface area contributed by atoms with Gasteiger partial charge in [-0.25, -0.2) is 15.0 Å². The van der Waals surface area contributed by atoms with Gasteiger partial charge in [-0.1, -0.05) is 0 Å². The molecule has 0 aliphatic carbocycles. The Bertz CT molecular complexity index is 649. The summed E-state index contributed by atoms with van der Waals surface area (Å²) in [6.45, 7) is 5.36. The third-order valence-electron chi connectivity index (χ3n) is 3.81. The first-order valence-electron chi connectivity index (χ1n) is 7.39. The molecule has 2 aromatic rings. The van der Waals surface area contributed by atoms with E-state index < -0.39 is 0 Å². The Hall–Kier alpha value is -2.02. The molecule has 0 unspecified atom stereocenters. The highest BCUT2D eigenvalue weighted by atomic mass is 32.1. The third-order valence-corrected chi connectivity index (χ3v) is 4.87. The van der Waals surface area contributed by atoms with E-state index >= 15 is 0 Å². The molecule has 0 spiro atoms. The highest BCUT2D eigenvalue weighted by Gasteiger charge is 2.26. The molecule has 1 aliphatic heterocycles. The van der Waals surface area contributed by atoms with E-state index in [9.17, 15) is 4.79 Å². The number of rotatable bonds is 3. The van der Waals surface area contributed by atoms with Crippen molar-refractivity contribution in [2.75, 3.05) is 18.4 Å². The lowest BCUT2D eigenvalue weighted by Gasteiger charge is -2.32. The van der Waals surface area contributed by atoms with Crippen molar-refractivity contribution in [1.29, 1.82) is 0 Å². The first-order valence-corrected chi connectivity index (χ1v) is 8.21. The summed E-state index contributed by atoms with van der Waals surface area (Å²) in [5.41, 5.74) is 0.841. The molecule has 1 fully saturated rings. The summed E-state index contributed by atoms with van der Waals surface area (Å²) < 4.78 is 0. The van der Waals surface area contributed by atoms with Gasteiger partial charge in [0.25, 0.3) is 5.91 Å². The smallest absolute Gasteiger partial charge is 0.265 e. The monoisotopic (exact) mass is 317 g/mol. The molecule has 7 heteroatoms. The summed E-state index contributed by atoms with van der Waals surface area (Å²) >= 11 is 1.48. The average molecular weight is 317 g/mol. The van der Waals surface area contributed by atoms with Crippen LogP contribution in [0, 0.1) is 13.8 Å². The van der Waals surface area contributed by atoms with Crippen LogP contribution in [0.3, 0.4) is 0 Å². The summed E-state index contributed by atoms with van der Waals surface area (Å²) in [4.78, 5) is 27.7. The maximum absolute atomic E-state index is 12.6. The van der Waals surface area contributed by atoms with Crippen LogP contribution >= 0.6 is 11.3 Å². The molecule has 1 saturated heterocycles. The molecule has 0 bridgehead atoms. The van der Waals surface area contributed by atoms with Gasteiger partial charge in [0, 0.05) is 25.3 Å². The van der Waals surface area contributed by atoms with E-state index in [4.69, 9.17) is 0 Å². The van der Waals surface area contributed by atoms with Crippen molar-refractivity contribution in [1.82, 2.24) is 19.9 Å². The van der Waals surface area contributed by atoms with Crippen molar-refractivity contribution in [3.05, 3.63) is 34.2 Å². The fraction of sp³-hybridized carbons (Fsp3) is 0.467. The number of amides is 1. The molecule has 6 nitrogen and oxygen atoms in total. The normalized spacial score (nSPS) is 15.8. The summed E-state index contributed by atoms with van der Waals surface area (Å²) in [6.07, 6.45) is 5.11. The van der Waals surface area contributed by atoms with E-state index in [1.54, 1.807) is 6.20 Å². The lowest BCUT2D eigenvalue weighted by molar-refractivity contribution is 0.0722. The number of carbonyl (C=O) groups is 1. The standard InChI is InChI=1S/C15H19N5OS/c1-10-14(22-11(2)18-10)15(21)20-7-4-12(5-8-20)19-13-3-6-16-9-17-13/h3,6,9,12H,4-5,7-8H2,1-2H3,(H,16,17,19). The number of nitrogens with one attached hydrogen (secondary N) is 1. The number of carbonyl (C=O) groups excluding carboxylic acids is 1. The summed E-state index contributed by atoms with van der Waals surface area (Å²) in [5, 5.41) is 4.34. The van der Waals surface area contributed by atoms with E-state index in [1.807, 2.05) is 24.8 Å². The zero-order chi connectivity index (χ0) is 15.5. The Morgan fingerprint density at radius 1 is 1.36 bits per heavy atom. The zero-order valence-electron chi connectivity index (χ0n) is 12.7. The molecule has 116 valence electrons. The predicted octanol–water partition coefficient (Wildman–Crippen LogP) is 2.27. The second-order valence-corrected chi connectivity index (χ2v) is 6.66. The molecule has 0 atom stereocenters. The fourth-order valence-electron chi connectivity index (χ4n) is 2.69. The Morgan fingerprint density at radius 2 is 2.14 bits per heavy atom. The highest BCUT2D eigenvalue weighted by Crippen LogP contribution is 2.22. The van der Waals surface area contributed by atoms with Crippen LogP contribution in [0.2, 0.25) is 0 Å². The Morgan fingerprint density at radius 3 is 2.73 bits per heavy atom. The SMILES string of the molecule is Cc1nc(C)c(C(=O)N2CCC(Nc3ccncn3)CC2)s1. The molecule has 0 radical (unpaired) electrons. The minimum Gasteiger partial charge on any atom is -0.367 e. The quantitative estimate of drug-likeness (QED) is 0.940. The number of hydrogen-bond donors (Lipinski definition) is 1. The van der Waals surface area contributed by atoms with E-state index in [-0.39, 0.29) is 5.91 Å². The van der Waals surface area contributed by atoms with Gasteiger partial charge in [-0.05, 0) is 32.8 Å². The van der Waals surface area contributed by atoms with Crippen LogP contribution in [0.4, 0.5) is 5.82 Å². The molecular formula is C15H19N5OS. The second-order valence-electron chi connectivity index (χ2n) is 5.45. The lowest BCUT2D eigenvalue weighted by Crippen LogP contribution is -2.42. The number of aromatic nitrogens is 3. The van der Waals surface area contributed by atoms with Gasteiger partial charge in [0.1, 0.15) is 17.0 Å². The minimum atomic E-state index is 0.114. The van der Waals surface area contributed by atoms with Gasteiger partial charge in [-0.15, -0.1) is 11.3 Å². The van der Waals surface area contributed by atoms with Gasteiger partial charge in [0.05, 0.1) is 10.7 Å². The Kier molecular flexibility index (Phi) is 4.33. The van der Waals surface area contributed by atoms with Crippen LogP contribution in [0.1, 0.15) is 33.2 Å². The van der Waals surface area contributed by atoms with E-state index in [0.717, 1.165) is 47.3 Å². The molecule has 1 amide bonds. The Labute approximate surface area is 133 Å². The maximum atomic E-state index is 12.6. The molecule has 0 saturated carbocycles. The molecule has 2 aromatic heterocycles. The van der Waals surface area contributed by atoms with Crippen LogP contribution in [0.15, 0.2) is 18.6 Å². The number of thiazole rings is 1. The first kappa shape index (κ1) is 14.9. The third kappa shape index (κ3) is 3.24. The Balaban J connectivity index is 1.57. The van der Waals surface area contributed by atoms with Crippen LogP contribution in [0.25, 0.3) is 0 Å². The zero-order valence-corrected chi connectivity index (χ0v) is 13.6. The van der Waals surface area contributed by atoms with E-state index in [1.165, 1.54) is 17.7 Å². The number of piperidine rings is 1. The van der Waals surface area contributed by atoms with Crippen molar-refractivity contribution in [3.63, 3.8) is 0 Å². The number of likely N-dealkylation sites (tertiary alicyclic amines) is 1. The van der Waals surface area contributed by atoms with Gasteiger partial charge in [0.2, 0.25) is 0 Å². The van der Waals surface area contributed by atoms with Crippen molar-refractivity contribution in [3.8, 4) is 0 Å². The van der Waals surface area contributed by atoms with E-state index in [0.29, 0.717) is 6.04 Å². The minimum absolute atomic E-state index is 0.114. The topological polar surface area (TPSA) is 71.0 Å². The van der Waals surface area contributed by atoms with E-state index in [2.05, 4.69) is 20.3 Å². The maximum Gasteiger partial charge on any atom is 0.265 e. The number of hydrogen-bond acceptors (Lipinski definition) is 6.